The van der Waals surface area contributed by atoms with Crippen LogP contribution in [0.1, 0.15) is 36.8 Å². The molecule has 0 spiro atoms. The minimum atomic E-state index is -0.777. The number of nitrogens with zero attached hydrogens (tertiary/aromatic N) is 1. The average Bonchev–Trinajstić information content (AvgIpc) is 3.14. The lowest BCUT2D eigenvalue weighted by Crippen LogP contribution is -2.56. The molecule has 1 atom stereocenters. The number of carbonyl (C=O) groups excluding carboxylic acids is 2. The molecule has 2 saturated heterocycles. The highest BCUT2D eigenvalue weighted by Gasteiger charge is 2.51. The molecule has 5 rings (SSSR count). The number of aryl methyl sites for hydroxylation is 1. The van der Waals surface area contributed by atoms with Crippen LogP contribution in [0.25, 0.3) is 10.8 Å². The van der Waals surface area contributed by atoms with E-state index < -0.39 is 5.54 Å². The van der Waals surface area contributed by atoms with E-state index in [9.17, 15) is 9.59 Å². The lowest BCUT2D eigenvalue weighted by molar-refractivity contribution is -0.127. The summed E-state index contributed by atoms with van der Waals surface area (Å²) in [6, 6.07) is 25.1. The van der Waals surface area contributed by atoms with Gasteiger partial charge in [-0.05, 0) is 79.1 Å². The molecule has 0 saturated carbocycles. The zero-order chi connectivity index (χ0) is 22.7. The summed E-state index contributed by atoms with van der Waals surface area (Å²) in [6.07, 6.45) is 4.27. The van der Waals surface area contributed by atoms with E-state index in [1.165, 1.54) is 21.9 Å². The maximum Gasteiger partial charge on any atom is 0.322 e. The van der Waals surface area contributed by atoms with E-state index in [4.69, 9.17) is 0 Å². The molecular weight excluding hydrogens is 410 g/mol. The highest BCUT2D eigenvalue weighted by molar-refractivity contribution is 6.07. The summed E-state index contributed by atoms with van der Waals surface area (Å²) in [7, 11) is 0. The third kappa shape index (κ3) is 4.64. The Morgan fingerprint density at radius 3 is 2.30 bits per heavy atom. The van der Waals surface area contributed by atoms with E-state index >= 15 is 0 Å². The Balaban J connectivity index is 1.22. The van der Waals surface area contributed by atoms with Crippen molar-refractivity contribution in [2.75, 3.05) is 13.1 Å². The van der Waals surface area contributed by atoms with Crippen molar-refractivity contribution in [2.24, 2.45) is 5.92 Å². The lowest BCUT2D eigenvalue weighted by Gasteiger charge is -2.40. The Morgan fingerprint density at radius 2 is 1.58 bits per heavy atom. The van der Waals surface area contributed by atoms with Crippen molar-refractivity contribution in [1.82, 2.24) is 15.5 Å². The SMILES string of the molecule is O=C1NC(=O)[C@@](CCCc2ccccc2)(C2CCN(Cc3ccc4ccccc4c3)CC2)N1. The van der Waals surface area contributed by atoms with E-state index in [1.54, 1.807) is 0 Å². The minimum Gasteiger partial charge on any atom is -0.323 e. The zero-order valence-corrected chi connectivity index (χ0v) is 18.9. The van der Waals surface area contributed by atoms with Crippen LogP contribution in [-0.2, 0) is 17.8 Å². The molecule has 2 aliphatic rings. The molecule has 0 unspecified atom stereocenters. The van der Waals surface area contributed by atoms with Crippen LogP contribution in [0.15, 0.2) is 72.8 Å². The van der Waals surface area contributed by atoms with Gasteiger partial charge in [-0.25, -0.2) is 4.79 Å². The normalized spacial score (nSPS) is 21.8. The summed E-state index contributed by atoms with van der Waals surface area (Å²) in [5.41, 5.74) is 1.81. The van der Waals surface area contributed by atoms with Crippen molar-refractivity contribution >= 4 is 22.7 Å². The van der Waals surface area contributed by atoms with Gasteiger partial charge in [-0.3, -0.25) is 15.0 Å². The molecule has 3 aromatic carbocycles. The Bertz CT molecular complexity index is 1140. The van der Waals surface area contributed by atoms with Crippen molar-refractivity contribution < 1.29 is 9.59 Å². The fourth-order valence-electron chi connectivity index (χ4n) is 5.57. The van der Waals surface area contributed by atoms with Gasteiger partial charge in [0.2, 0.25) is 0 Å². The first-order valence-corrected chi connectivity index (χ1v) is 12.0. The molecule has 2 N–H and O–H groups in total. The number of imide groups is 1. The van der Waals surface area contributed by atoms with Crippen LogP contribution in [0.2, 0.25) is 0 Å². The lowest BCUT2D eigenvalue weighted by atomic mass is 9.74. The van der Waals surface area contributed by atoms with Crippen LogP contribution < -0.4 is 10.6 Å². The van der Waals surface area contributed by atoms with Gasteiger partial charge in [0.1, 0.15) is 5.54 Å². The Labute approximate surface area is 195 Å². The molecular formula is C28H31N3O2. The molecule has 5 nitrogen and oxygen atoms in total. The maximum absolute atomic E-state index is 12.9. The van der Waals surface area contributed by atoms with Crippen LogP contribution in [0.4, 0.5) is 4.79 Å². The zero-order valence-electron chi connectivity index (χ0n) is 18.9. The predicted octanol–water partition coefficient (Wildman–Crippen LogP) is 4.65. The quantitative estimate of drug-likeness (QED) is 0.525. The average molecular weight is 442 g/mol. The largest absolute Gasteiger partial charge is 0.323 e. The predicted molar refractivity (Wildman–Crippen MR) is 131 cm³/mol. The van der Waals surface area contributed by atoms with Crippen LogP contribution in [0, 0.1) is 5.92 Å². The first-order valence-electron chi connectivity index (χ1n) is 12.0. The fourth-order valence-corrected chi connectivity index (χ4v) is 5.57. The molecule has 3 amide bonds. The van der Waals surface area contributed by atoms with Gasteiger partial charge in [0.15, 0.2) is 0 Å². The number of piperidine rings is 1. The molecule has 2 fully saturated rings. The molecule has 0 aromatic heterocycles. The topological polar surface area (TPSA) is 61.4 Å². The van der Waals surface area contributed by atoms with Crippen molar-refractivity contribution in [2.45, 2.75) is 44.2 Å². The van der Waals surface area contributed by atoms with Gasteiger partial charge in [0.05, 0.1) is 0 Å². The summed E-state index contributed by atoms with van der Waals surface area (Å²) < 4.78 is 0. The van der Waals surface area contributed by atoms with Gasteiger partial charge in [0.25, 0.3) is 5.91 Å². The van der Waals surface area contributed by atoms with Crippen LogP contribution >= 0.6 is 0 Å². The number of benzene rings is 3. The number of carbonyl (C=O) groups is 2. The summed E-state index contributed by atoms with van der Waals surface area (Å²) in [5.74, 6) is 0.0149. The van der Waals surface area contributed by atoms with Crippen molar-refractivity contribution in [3.63, 3.8) is 0 Å². The molecule has 2 heterocycles. The van der Waals surface area contributed by atoms with Gasteiger partial charge in [0, 0.05) is 6.54 Å². The van der Waals surface area contributed by atoms with Gasteiger partial charge < -0.3 is 5.32 Å². The van der Waals surface area contributed by atoms with E-state index in [1.807, 2.05) is 18.2 Å². The molecule has 2 aliphatic heterocycles. The van der Waals surface area contributed by atoms with Gasteiger partial charge in [-0.1, -0.05) is 66.7 Å². The summed E-state index contributed by atoms with van der Waals surface area (Å²) in [4.78, 5) is 27.5. The smallest absolute Gasteiger partial charge is 0.322 e. The van der Waals surface area contributed by atoms with Gasteiger partial charge in [-0.15, -0.1) is 0 Å². The highest BCUT2D eigenvalue weighted by Crippen LogP contribution is 2.35. The van der Waals surface area contributed by atoms with Gasteiger partial charge in [-0.2, -0.15) is 0 Å². The van der Waals surface area contributed by atoms with Crippen LogP contribution in [0.3, 0.4) is 0 Å². The second-order valence-electron chi connectivity index (χ2n) is 9.45. The van der Waals surface area contributed by atoms with Crippen molar-refractivity contribution in [3.05, 3.63) is 83.9 Å². The summed E-state index contributed by atoms with van der Waals surface area (Å²) >= 11 is 0. The second kappa shape index (κ2) is 9.36. The fraction of sp³-hybridized carbons (Fsp3) is 0.357. The number of fused-ring (bicyclic) bond motifs is 1. The number of urea groups is 1. The molecule has 3 aromatic rings. The summed E-state index contributed by atoms with van der Waals surface area (Å²) in [6.45, 7) is 2.78. The number of amides is 3. The van der Waals surface area contributed by atoms with Crippen molar-refractivity contribution in [3.8, 4) is 0 Å². The number of rotatable bonds is 7. The van der Waals surface area contributed by atoms with Crippen LogP contribution in [0.5, 0.6) is 0 Å². The summed E-state index contributed by atoms with van der Waals surface area (Å²) in [5, 5.41) is 8.09. The van der Waals surface area contributed by atoms with Crippen LogP contribution in [-0.4, -0.2) is 35.5 Å². The third-order valence-corrected chi connectivity index (χ3v) is 7.35. The first kappa shape index (κ1) is 21.7. The molecule has 170 valence electrons. The van der Waals surface area contributed by atoms with E-state index in [0.29, 0.717) is 6.42 Å². The molecule has 0 bridgehead atoms. The van der Waals surface area contributed by atoms with Gasteiger partial charge >= 0.3 is 6.03 Å². The van der Waals surface area contributed by atoms with Crippen molar-refractivity contribution in [1.29, 1.82) is 0 Å². The van der Waals surface area contributed by atoms with E-state index in [0.717, 1.165) is 45.3 Å². The Kier molecular flexibility index (Phi) is 6.14. The van der Waals surface area contributed by atoms with E-state index in [-0.39, 0.29) is 17.9 Å². The number of likely N-dealkylation sites (tertiary alicyclic amines) is 1. The van der Waals surface area contributed by atoms with E-state index in [2.05, 4.69) is 70.1 Å². The Morgan fingerprint density at radius 1 is 0.848 bits per heavy atom. The monoisotopic (exact) mass is 441 g/mol. The molecule has 5 heteroatoms. The highest BCUT2D eigenvalue weighted by atomic mass is 16.2. The Hall–Kier alpha value is -3.18. The number of hydrogen-bond acceptors (Lipinski definition) is 3. The third-order valence-electron chi connectivity index (χ3n) is 7.35. The molecule has 0 radical (unpaired) electrons. The molecule has 33 heavy (non-hydrogen) atoms. The number of nitrogens with one attached hydrogen (secondary N) is 2. The number of hydrogen-bond donors (Lipinski definition) is 2. The maximum atomic E-state index is 12.9. The standard InChI is InChI=1S/C28H31N3O2/c32-26-28(30-27(33)29-26,16-6-9-21-7-2-1-3-8-21)25-14-17-31(18-15-25)20-22-12-13-23-10-4-5-11-24(23)19-22/h1-5,7-8,10-13,19,25H,6,9,14-18,20H2,(H2,29,30,32,33)/t28-/m1/s1. The molecule has 0 aliphatic carbocycles. The minimum absolute atomic E-state index is 0.145. The first-order chi connectivity index (χ1) is 16.1. The second-order valence-corrected chi connectivity index (χ2v) is 9.45.